The number of hydrogen-bond acceptors (Lipinski definition) is 3. The quantitative estimate of drug-likeness (QED) is 0.867. The number of nitrogens with one attached hydrogen (secondary N) is 1. The zero-order chi connectivity index (χ0) is 16.1. The minimum absolute atomic E-state index is 0.0621. The standard InChI is InChI=1S/C17H18N2O2S/c1-4-9-22(21)16-8-6-5-7-14(16)12(2)10-15-13(3)11-17(20)19-18-15/h1,5-8,10,13H,9,11H2,2-3H3,(H,19,20). The van der Waals surface area contributed by atoms with Crippen LogP contribution >= 0.6 is 0 Å². The van der Waals surface area contributed by atoms with Crippen LogP contribution in [0.1, 0.15) is 25.8 Å². The first-order chi connectivity index (χ1) is 10.5. The molecule has 1 heterocycles. The Morgan fingerprint density at radius 2 is 2.27 bits per heavy atom. The minimum atomic E-state index is -1.22. The highest BCUT2D eigenvalue weighted by Crippen LogP contribution is 2.23. The number of hydrazone groups is 1. The smallest absolute Gasteiger partial charge is 0.240 e. The van der Waals surface area contributed by atoms with E-state index in [4.69, 9.17) is 6.42 Å². The highest BCUT2D eigenvalue weighted by molar-refractivity contribution is 7.85. The maximum Gasteiger partial charge on any atom is 0.240 e. The average molecular weight is 314 g/mol. The number of carbonyl (C=O) groups excluding carboxylic acids is 1. The van der Waals surface area contributed by atoms with E-state index in [-0.39, 0.29) is 17.6 Å². The molecule has 0 bridgehead atoms. The van der Waals surface area contributed by atoms with Crippen LogP contribution in [0.2, 0.25) is 0 Å². The SMILES string of the molecule is C#CCS(=O)c1ccccc1C(C)=CC1=NNC(=O)CC1C. The molecule has 1 aromatic carbocycles. The Labute approximate surface area is 133 Å². The Hall–Kier alpha value is -2.19. The molecule has 1 amide bonds. The van der Waals surface area contributed by atoms with Crippen molar-refractivity contribution in [2.45, 2.75) is 25.2 Å². The second kappa shape index (κ2) is 7.19. The van der Waals surface area contributed by atoms with Crippen LogP contribution < -0.4 is 5.43 Å². The molecular formula is C17H18N2O2S. The topological polar surface area (TPSA) is 58.5 Å². The van der Waals surface area contributed by atoms with Crippen LogP contribution in [0.15, 0.2) is 40.3 Å². The Kier molecular flexibility index (Phi) is 5.29. The molecule has 0 aromatic heterocycles. The number of terminal acetylenes is 1. The summed E-state index contributed by atoms with van der Waals surface area (Å²) in [6.07, 6.45) is 7.61. The third-order valence-corrected chi connectivity index (χ3v) is 4.72. The lowest BCUT2D eigenvalue weighted by atomic mass is 9.96. The first-order valence-electron chi connectivity index (χ1n) is 6.99. The van der Waals surface area contributed by atoms with Crippen LogP contribution in [0.25, 0.3) is 5.57 Å². The van der Waals surface area contributed by atoms with Crippen LogP contribution in [0.5, 0.6) is 0 Å². The molecule has 5 heteroatoms. The largest absolute Gasteiger partial charge is 0.273 e. The van der Waals surface area contributed by atoms with E-state index in [1.807, 2.05) is 44.2 Å². The van der Waals surface area contributed by atoms with E-state index in [2.05, 4.69) is 16.4 Å². The summed E-state index contributed by atoms with van der Waals surface area (Å²) in [4.78, 5) is 12.0. The van der Waals surface area contributed by atoms with E-state index in [9.17, 15) is 9.00 Å². The van der Waals surface area contributed by atoms with Gasteiger partial charge in [0.2, 0.25) is 5.91 Å². The number of amides is 1. The first kappa shape index (κ1) is 16.2. The molecule has 0 spiro atoms. The van der Waals surface area contributed by atoms with Gasteiger partial charge in [-0.25, -0.2) is 5.43 Å². The third-order valence-electron chi connectivity index (χ3n) is 3.44. The molecule has 0 fully saturated rings. The van der Waals surface area contributed by atoms with Crippen LogP contribution in [0, 0.1) is 18.3 Å². The molecule has 0 saturated carbocycles. The fourth-order valence-electron chi connectivity index (χ4n) is 2.28. The average Bonchev–Trinajstić information content (AvgIpc) is 2.50. The monoisotopic (exact) mass is 314 g/mol. The second-order valence-electron chi connectivity index (χ2n) is 5.19. The van der Waals surface area contributed by atoms with Crippen molar-refractivity contribution in [1.82, 2.24) is 5.43 Å². The fourth-order valence-corrected chi connectivity index (χ4v) is 3.30. The fraction of sp³-hybridized carbons (Fsp3) is 0.294. The molecule has 22 heavy (non-hydrogen) atoms. The van der Waals surface area contributed by atoms with Gasteiger partial charge >= 0.3 is 0 Å². The van der Waals surface area contributed by atoms with Crippen molar-refractivity contribution in [1.29, 1.82) is 0 Å². The van der Waals surface area contributed by atoms with Crippen molar-refractivity contribution >= 4 is 28.0 Å². The number of nitrogens with zero attached hydrogens (tertiary/aromatic N) is 1. The molecule has 1 aliphatic rings. The molecule has 2 atom stereocenters. The number of allylic oxidation sites excluding steroid dienone is 2. The molecular weight excluding hydrogens is 296 g/mol. The van der Waals surface area contributed by atoms with Crippen LogP contribution in [0.3, 0.4) is 0 Å². The van der Waals surface area contributed by atoms with Gasteiger partial charge in [-0.3, -0.25) is 9.00 Å². The third kappa shape index (κ3) is 3.71. The number of rotatable bonds is 4. The highest BCUT2D eigenvalue weighted by Gasteiger charge is 2.19. The van der Waals surface area contributed by atoms with Crippen molar-refractivity contribution in [3.05, 3.63) is 35.9 Å². The molecule has 2 rings (SSSR count). The van der Waals surface area contributed by atoms with Gasteiger partial charge in [0.05, 0.1) is 22.3 Å². The summed E-state index contributed by atoms with van der Waals surface area (Å²) >= 11 is 0. The van der Waals surface area contributed by atoms with Gasteiger partial charge < -0.3 is 0 Å². The van der Waals surface area contributed by atoms with Crippen LogP contribution in [-0.4, -0.2) is 21.6 Å². The summed E-state index contributed by atoms with van der Waals surface area (Å²) in [5.74, 6) is 2.62. The van der Waals surface area contributed by atoms with Gasteiger partial charge in [0.25, 0.3) is 0 Å². The maximum absolute atomic E-state index is 12.2. The molecule has 4 nitrogen and oxygen atoms in total. The molecule has 1 aliphatic heterocycles. The van der Waals surface area contributed by atoms with E-state index in [1.165, 1.54) is 0 Å². The second-order valence-corrected chi connectivity index (χ2v) is 6.61. The number of benzene rings is 1. The van der Waals surface area contributed by atoms with E-state index >= 15 is 0 Å². The Morgan fingerprint density at radius 1 is 1.55 bits per heavy atom. The first-order valence-corrected chi connectivity index (χ1v) is 8.30. The van der Waals surface area contributed by atoms with Crippen molar-refractivity contribution in [2.24, 2.45) is 11.0 Å². The van der Waals surface area contributed by atoms with Gasteiger partial charge in [0.15, 0.2) is 0 Å². The van der Waals surface area contributed by atoms with E-state index in [0.29, 0.717) is 6.42 Å². The molecule has 1 aromatic rings. The summed E-state index contributed by atoms with van der Waals surface area (Å²) < 4.78 is 12.2. The predicted molar refractivity (Wildman–Crippen MR) is 89.6 cm³/mol. The highest BCUT2D eigenvalue weighted by atomic mass is 32.2. The Bertz CT molecular complexity index is 714. The van der Waals surface area contributed by atoms with E-state index in [1.54, 1.807) is 0 Å². The van der Waals surface area contributed by atoms with Gasteiger partial charge in [0, 0.05) is 17.2 Å². The summed E-state index contributed by atoms with van der Waals surface area (Å²) in [7, 11) is -1.22. The maximum atomic E-state index is 12.2. The number of hydrogen-bond donors (Lipinski definition) is 1. The molecule has 0 saturated heterocycles. The summed E-state index contributed by atoms with van der Waals surface area (Å²) in [6.45, 7) is 3.90. The molecule has 114 valence electrons. The lowest BCUT2D eigenvalue weighted by Crippen LogP contribution is -2.30. The van der Waals surface area contributed by atoms with E-state index < -0.39 is 10.8 Å². The Morgan fingerprint density at radius 3 is 2.95 bits per heavy atom. The van der Waals surface area contributed by atoms with Gasteiger partial charge in [-0.05, 0) is 30.2 Å². The number of carbonyl (C=O) groups is 1. The normalized spacial score (nSPS) is 19.9. The summed E-state index contributed by atoms with van der Waals surface area (Å²) in [5.41, 5.74) is 5.15. The lowest BCUT2D eigenvalue weighted by Gasteiger charge is -2.17. The zero-order valence-electron chi connectivity index (χ0n) is 12.6. The molecule has 2 unspecified atom stereocenters. The van der Waals surface area contributed by atoms with Crippen LogP contribution in [0.4, 0.5) is 0 Å². The van der Waals surface area contributed by atoms with Crippen LogP contribution in [-0.2, 0) is 15.6 Å². The van der Waals surface area contributed by atoms with Crippen molar-refractivity contribution < 1.29 is 9.00 Å². The zero-order valence-corrected chi connectivity index (χ0v) is 13.4. The van der Waals surface area contributed by atoms with Gasteiger partial charge in [-0.1, -0.05) is 31.0 Å². The summed E-state index contributed by atoms with van der Waals surface area (Å²) in [6, 6.07) is 7.49. The van der Waals surface area contributed by atoms with Crippen molar-refractivity contribution in [3.63, 3.8) is 0 Å². The van der Waals surface area contributed by atoms with Gasteiger partial charge in [-0.2, -0.15) is 5.10 Å². The molecule has 0 aliphatic carbocycles. The van der Waals surface area contributed by atoms with Crippen molar-refractivity contribution in [3.8, 4) is 12.3 Å². The van der Waals surface area contributed by atoms with Gasteiger partial charge in [0.1, 0.15) is 0 Å². The molecule has 1 N–H and O–H groups in total. The lowest BCUT2D eigenvalue weighted by molar-refractivity contribution is -0.121. The Balaban J connectivity index is 2.36. The van der Waals surface area contributed by atoms with Gasteiger partial charge in [-0.15, -0.1) is 6.42 Å². The summed E-state index contributed by atoms with van der Waals surface area (Å²) in [5, 5.41) is 4.10. The molecule has 0 radical (unpaired) electrons. The van der Waals surface area contributed by atoms with E-state index in [0.717, 1.165) is 21.7 Å². The minimum Gasteiger partial charge on any atom is -0.273 e. The predicted octanol–water partition coefficient (Wildman–Crippen LogP) is 2.34. The van der Waals surface area contributed by atoms with Crippen molar-refractivity contribution in [2.75, 3.05) is 5.75 Å².